The Morgan fingerprint density at radius 1 is 1.44 bits per heavy atom. The number of nitrogens with zero attached hydrogens (tertiary/aromatic N) is 1. The van der Waals surface area contributed by atoms with Crippen LogP contribution in [0.2, 0.25) is 0 Å². The highest BCUT2D eigenvalue weighted by molar-refractivity contribution is 5.84. The summed E-state index contributed by atoms with van der Waals surface area (Å²) < 4.78 is 0. The zero-order valence-electron chi connectivity index (χ0n) is 10.1. The van der Waals surface area contributed by atoms with E-state index in [0.717, 1.165) is 0 Å². The maximum absolute atomic E-state index is 11.9. The molecule has 1 saturated heterocycles. The molecule has 1 amide bonds. The molecule has 0 bridgehead atoms. The molecule has 1 aliphatic heterocycles. The van der Waals surface area contributed by atoms with Gasteiger partial charge in [0.25, 0.3) is 0 Å². The van der Waals surface area contributed by atoms with Crippen molar-refractivity contribution >= 4 is 11.9 Å². The van der Waals surface area contributed by atoms with E-state index in [1.54, 1.807) is 11.8 Å². The normalized spacial score (nSPS) is 27.2. The molecule has 92 valence electrons. The Kier molecular flexibility index (Phi) is 3.57. The Bertz CT molecular complexity index is 304. The molecule has 5 heteroatoms. The maximum atomic E-state index is 11.9. The van der Waals surface area contributed by atoms with Crippen LogP contribution in [0.3, 0.4) is 0 Å². The summed E-state index contributed by atoms with van der Waals surface area (Å²) in [5, 5.41) is 9.05. The fourth-order valence-electron chi connectivity index (χ4n) is 1.82. The largest absolute Gasteiger partial charge is 0.481 e. The number of carbonyl (C=O) groups is 2. The van der Waals surface area contributed by atoms with Crippen molar-refractivity contribution < 1.29 is 14.7 Å². The van der Waals surface area contributed by atoms with Gasteiger partial charge < -0.3 is 15.7 Å². The lowest BCUT2D eigenvalue weighted by Gasteiger charge is -2.24. The number of likely N-dealkylation sites (tertiary alicyclic amines) is 1. The topological polar surface area (TPSA) is 83.6 Å². The SMILES string of the molecule is CC(C)[C@H](N)C(=O)N1CCC(C)(C(=O)O)C1. The average molecular weight is 228 g/mol. The van der Waals surface area contributed by atoms with Gasteiger partial charge in [0, 0.05) is 13.1 Å². The van der Waals surface area contributed by atoms with E-state index in [1.165, 1.54) is 0 Å². The molecule has 3 N–H and O–H groups in total. The van der Waals surface area contributed by atoms with Crippen LogP contribution in [-0.4, -0.2) is 41.0 Å². The summed E-state index contributed by atoms with van der Waals surface area (Å²) in [6.45, 7) is 6.19. The molecule has 1 fully saturated rings. The van der Waals surface area contributed by atoms with Crippen LogP contribution in [0.15, 0.2) is 0 Å². The van der Waals surface area contributed by atoms with E-state index >= 15 is 0 Å². The molecular weight excluding hydrogens is 208 g/mol. The van der Waals surface area contributed by atoms with Crippen LogP contribution in [0.4, 0.5) is 0 Å². The number of carboxylic acid groups (broad SMARTS) is 1. The average Bonchev–Trinajstić information content (AvgIpc) is 2.60. The molecule has 0 aromatic carbocycles. The molecule has 0 saturated carbocycles. The number of carbonyl (C=O) groups excluding carboxylic acids is 1. The highest BCUT2D eigenvalue weighted by Gasteiger charge is 2.43. The summed E-state index contributed by atoms with van der Waals surface area (Å²) >= 11 is 0. The van der Waals surface area contributed by atoms with Crippen molar-refractivity contribution in [3.05, 3.63) is 0 Å². The van der Waals surface area contributed by atoms with Gasteiger partial charge in [-0.3, -0.25) is 9.59 Å². The van der Waals surface area contributed by atoms with Crippen molar-refractivity contribution in [3.63, 3.8) is 0 Å². The van der Waals surface area contributed by atoms with Crippen molar-refractivity contribution in [2.45, 2.75) is 33.2 Å². The highest BCUT2D eigenvalue weighted by atomic mass is 16.4. The molecule has 16 heavy (non-hydrogen) atoms. The van der Waals surface area contributed by atoms with Crippen LogP contribution in [0.25, 0.3) is 0 Å². The van der Waals surface area contributed by atoms with Crippen LogP contribution < -0.4 is 5.73 Å². The van der Waals surface area contributed by atoms with Crippen molar-refractivity contribution in [3.8, 4) is 0 Å². The maximum Gasteiger partial charge on any atom is 0.311 e. The van der Waals surface area contributed by atoms with E-state index in [9.17, 15) is 9.59 Å². The summed E-state index contributed by atoms with van der Waals surface area (Å²) in [6.07, 6.45) is 0.499. The molecule has 1 aliphatic rings. The van der Waals surface area contributed by atoms with E-state index < -0.39 is 17.4 Å². The Morgan fingerprint density at radius 2 is 2.00 bits per heavy atom. The van der Waals surface area contributed by atoms with Gasteiger partial charge in [0.05, 0.1) is 11.5 Å². The number of aliphatic carboxylic acids is 1. The van der Waals surface area contributed by atoms with Gasteiger partial charge in [-0.15, -0.1) is 0 Å². The van der Waals surface area contributed by atoms with Gasteiger partial charge >= 0.3 is 5.97 Å². The second-order valence-corrected chi connectivity index (χ2v) is 5.15. The zero-order chi connectivity index (χ0) is 12.5. The molecule has 0 aromatic heterocycles. The molecular formula is C11H20N2O3. The first-order valence-electron chi connectivity index (χ1n) is 5.56. The fourth-order valence-corrected chi connectivity index (χ4v) is 1.82. The van der Waals surface area contributed by atoms with Crippen LogP contribution in [0, 0.1) is 11.3 Å². The van der Waals surface area contributed by atoms with Gasteiger partial charge in [-0.05, 0) is 19.3 Å². The van der Waals surface area contributed by atoms with Crippen LogP contribution in [-0.2, 0) is 9.59 Å². The number of hydrogen-bond donors (Lipinski definition) is 2. The lowest BCUT2D eigenvalue weighted by molar-refractivity contribution is -0.147. The molecule has 1 unspecified atom stereocenters. The summed E-state index contributed by atoms with van der Waals surface area (Å²) in [5.41, 5.74) is 4.95. The second-order valence-electron chi connectivity index (χ2n) is 5.15. The Labute approximate surface area is 95.6 Å². The first-order chi connectivity index (χ1) is 7.28. The zero-order valence-corrected chi connectivity index (χ0v) is 10.1. The standard InChI is InChI=1S/C11H20N2O3/c1-7(2)8(12)9(14)13-5-4-11(3,6-13)10(15)16/h7-8H,4-6,12H2,1-3H3,(H,15,16)/t8-,11?/m0/s1. The predicted molar refractivity (Wildman–Crippen MR) is 59.8 cm³/mol. The number of carboxylic acids is 1. The first-order valence-corrected chi connectivity index (χ1v) is 5.56. The fraction of sp³-hybridized carbons (Fsp3) is 0.818. The van der Waals surface area contributed by atoms with E-state index in [0.29, 0.717) is 13.0 Å². The third-order valence-electron chi connectivity index (χ3n) is 3.30. The summed E-state index contributed by atoms with van der Waals surface area (Å²) in [7, 11) is 0. The van der Waals surface area contributed by atoms with Crippen LogP contribution >= 0.6 is 0 Å². The molecule has 1 heterocycles. The minimum Gasteiger partial charge on any atom is -0.481 e. The summed E-state index contributed by atoms with van der Waals surface area (Å²) in [6, 6.07) is -0.531. The van der Waals surface area contributed by atoms with Gasteiger partial charge in [-0.2, -0.15) is 0 Å². The van der Waals surface area contributed by atoms with Crippen molar-refractivity contribution in [1.82, 2.24) is 4.90 Å². The lowest BCUT2D eigenvalue weighted by atomic mass is 9.90. The molecule has 0 radical (unpaired) electrons. The van der Waals surface area contributed by atoms with Gasteiger partial charge in [-0.1, -0.05) is 13.8 Å². The molecule has 0 aliphatic carbocycles. The minimum absolute atomic E-state index is 0.0733. The van der Waals surface area contributed by atoms with Crippen molar-refractivity contribution in [1.29, 1.82) is 0 Å². The number of rotatable bonds is 3. The van der Waals surface area contributed by atoms with Crippen LogP contribution in [0.5, 0.6) is 0 Å². The van der Waals surface area contributed by atoms with Gasteiger partial charge in [-0.25, -0.2) is 0 Å². The van der Waals surface area contributed by atoms with E-state index in [2.05, 4.69) is 0 Å². The van der Waals surface area contributed by atoms with Gasteiger partial charge in [0.2, 0.25) is 5.91 Å². The molecule has 5 nitrogen and oxygen atoms in total. The van der Waals surface area contributed by atoms with Gasteiger partial charge in [0.1, 0.15) is 0 Å². The van der Waals surface area contributed by atoms with E-state index in [1.807, 2.05) is 13.8 Å². The van der Waals surface area contributed by atoms with Crippen molar-refractivity contribution in [2.24, 2.45) is 17.1 Å². The van der Waals surface area contributed by atoms with E-state index in [4.69, 9.17) is 10.8 Å². The molecule has 2 atom stereocenters. The van der Waals surface area contributed by atoms with E-state index in [-0.39, 0.29) is 18.4 Å². The Hall–Kier alpha value is -1.10. The monoisotopic (exact) mass is 228 g/mol. The Balaban J connectivity index is 2.67. The lowest BCUT2D eigenvalue weighted by Crippen LogP contribution is -2.46. The summed E-state index contributed by atoms with van der Waals surface area (Å²) in [5.74, 6) is -0.912. The molecule has 0 spiro atoms. The third kappa shape index (κ3) is 2.35. The smallest absolute Gasteiger partial charge is 0.311 e. The minimum atomic E-state index is -0.846. The van der Waals surface area contributed by atoms with Gasteiger partial charge in [0.15, 0.2) is 0 Å². The number of hydrogen-bond acceptors (Lipinski definition) is 3. The van der Waals surface area contributed by atoms with Crippen molar-refractivity contribution in [2.75, 3.05) is 13.1 Å². The predicted octanol–water partition coefficient (Wildman–Crippen LogP) is 0.293. The first kappa shape index (κ1) is 13.0. The second kappa shape index (κ2) is 4.41. The highest BCUT2D eigenvalue weighted by Crippen LogP contribution is 2.30. The van der Waals surface area contributed by atoms with Crippen LogP contribution in [0.1, 0.15) is 27.2 Å². The molecule has 0 aromatic rings. The number of nitrogens with two attached hydrogens (primary N) is 1. The Morgan fingerprint density at radius 3 is 2.38 bits per heavy atom. The quantitative estimate of drug-likeness (QED) is 0.727. The number of amides is 1. The third-order valence-corrected chi connectivity index (χ3v) is 3.30. The summed E-state index contributed by atoms with van der Waals surface area (Å²) in [4.78, 5) is 24.5. The molecule has 1 rings (SSSR count).